The largest absolute Gasteiger partial charge is 0.488 e. The standard InChI is InChI=1S/C26H27N3O3/c1-18-8-11-21(12-9-18)17-32-24-7-5-4-6-22(24)16-27-29-26(31)15-25(30)28-23-13-10-19(2)20(3)14-23/h4-14,16H,15,17H2,1-3H3,(H,28,30)(H,29,31). The Labute approximate surface area is 188 Å². The lowest BCUT2D eigenvalue weighted by atomic mass is 10.1. The zero-order chi connectivity index (χ0) is 22.9. The molecule has 0 bridgehead atoms. The van der Waals surface area contributed by atoms with Crippen molar-refractivity contribution in [3.05, 3.63) is 94.5 Å². The molecule has 2 N–H and O–H groups in total. The van der Waals surface area contributed by atoms with Crippen LogP contribution in [0.1, 0.15) is 34.2 Å². The number of amides is 2. The van der Waals surface area contributed by atoms with Crippen LogP contribution < -0.4 is 15.5 Å². The summed E-state index contributed by atoms with van der Waals surface area (Å²) in [5.41, 5.74) is 8.23. The monoisotopic (exact) mass is 429 g/mol. The van der Waals surface area contributed by atoms with E-state index >= 15 is 0 Å². The van der Waals surface area contributed by atoms with E-state index in [9.17, 15) is 9.59 Å². The van der Waals surface area contributed by atoms with Gasteiger partial charge in [-0.25, -0.2) is 5.43 Å². The SMILES string of the molecule is Cc1ccc(COc2ccccc2C=NNC(=O)CC(=O)Nc2ccc(C)c(C)c2)cc1. The number of hydrogen-bond donors (Lipinski definition) is 2. The van der Waals surface area contributed by atoms with Crippen molar-refractivity contribution < 1.29 is 14.3 Å². The highest BCUT2D eigenvalue weighted by atomic mass is 16.5. The summed E-state index contributed by atoms with van der Waals surface area (Å²) in [6.45, 7) is 6.43. The minimum atomic E-state index is -0.499. The van der Waals surface area contributed by atoms with E-state index in [2.05, 4.69) is 15.8 Å². The number of ether oxygens (including phenoxy) is 1. The zero-order valence-corrected chi connectivity index (χ0v) is 18.5. The maximum Gasteiger partial charge on any atom is 0.249 e. The first-order valence-corrected chi connectivity index (χ1v) is 10.4. The fourth-order valence-electron chi connectivity index (χ4n) is 2.95. The summed E-state index contributed by atoms with van der Waals surface area (Å²) < 4.78 is 5.90. The number of rotatable bonds is 8. The Balaban J connectivity index is 1.51. The molecule has 2 amide bonds. The molecule has 3 aromatic carbocycles. The molecule has 0 aromatic heterocycles. The van der Waals surface area contributed by atoms with Crippen molar-refractivity contribution in [2.75, 3.05) is 5.32 Å². The zero-order valence-electron chi connectivity index (χ0n) is 18.5. The molecule has 0 saturated heterocycles. The van der Waals surface area contributed by atoms with Gasteiger partial charge in [0.2, 0.25) is 11.8 Å². The van der Waals surface area contributed by atoms with Gasteiger partial charge in [-0.15, -0.1) is 0 Å². The quantitative estimate of drug-likeness (QED) is 0.310. The number of nitrogens with zero attached hydrogens (tertiary/aromatic N) is 1. The van der Waals surface area contributed by atoms with Crippen LogP contribution in [-0.4, -0.2) is 18.0 Å². The Hall–Kier alpha value is -3.93. The second-order valence-electron chi connectivity index (χ2n) is 7.63. The number of carbonyl (C=O) groups excluding carboxylic acids is 2. The Kier molecular flexibility index (Phi) is 7.75. The van der Waals surface area contributed by atoms with Gasteiger partial charge in [0.05, 0.1) is 6.21 Å². The van der Waals surface area contributed by atoms with Gasteiger partial charge in [0, 0.05) is 11.3 Å². The molecular formula is C26H27N3O3. The molecule has 3 aromatic rings. The number of hydrogen-bond acceptors (Lipinski definition) is 4. The van der Waals surface area contributed by atoms with E-state index in [0.29, 0.717) is 18.0 Å². The number of aryl methyl sites for hydroxylation is 3. The highest BCUT2D eigenvalue weighted by Crippen LogP contribution is 2.18. The number of benzene rings is 3. The van der Waals surface area contributed by atoms with E-state index in [4.69, 9.17) is 4.74 Å². The Morgan fingerprint density at radius 2 is 1.66 bits per heavy atom. The van der Waals surface area contributed by atoms with Crippen LogP contribution in [0.4, 0.5) is 5.69 Å². The summed E-state index contributed by atoms with van der Waals surface area (Å²) in [4.78, 5) is 24.2. The second-order valence-corrected chi connectivity index (χ2v) is 7.63. The van der Waals surface area contributed by atoms with Crippen molar-refractivity contribution in [1.82, 2.24) is 5.43 Å². The van der Waals surface area contributed by atoms with Crippen LogP contribution in [0.3, 0.4) is 0 Å². The third kappa shape index (κ3) is 6.80. The van der Waals surface area contributed by atoms with Crippen LogP contribution in [0.15, 0.2) is 71.8 Å². The summed E-state index contributed by atoms with van der Waals surface area (Å²) in [6, 6.07) is 21.1. The molecule has 3 rings (SSSR count). The fraction of sp³-hybridized carbons (Fsp3) is 0.192. The fourth-order valence-corrected chi connectivity index (χ4v) is 2.95. The number of hydrazone groups is 1. The Morgan fingerprint density at radius 1 is 0.906 bits per heavy atom. The molecule has 164 valence electrons. The molecule has 0 aliphatic rings. The molecule has 0 saturated carbocycles. The lowest BCUT2D eigenvalue weighted by molar-refractivity contribution is -0.126. The average Bonchev–Trinajstić information content (AvgIpc) is 2.76. The lowest BCUT2D eigenvalue weighted by Gasteiger charge is -2.09. The first kappa shape index (κ1) is 22.7. The van der Waals surface area contributed by atoms with Crippen molar-refractivity contribution in [2.24, 2.45) is 5.10 Å². The minimum Gasteiger partial charge on any atom is -0.488 e. The summed E-state index contributed by atoms with van der Waals surface area (Å²) in [6.07, 6.45) is 1.18. The molecule has 6 heteroatoms. The van der Waals surface area contributed by atoms with Gasteiger partial charge in [-0.3, -0.25) is 9.59 Å². The smallest absolute Gasteiger partial charge is 0.249 e. The van der Waals surface area contributed by atoms with Crippen LogP contribution in [-0.2, 0) is 16.2 Å². The molecule has 6 nitrogen and oxygen atoms in total. The molecular weight excluding hydrogens is 402 g/mol. The molecule has 32 heavy (non-hydrogen) atoms. The molecule has 0 heterocycles. The minimum absolute atomic E-state index is 0.324. The van der Waals surface area contributed by atoms with Gasteiger partial charge in [-0.05, 0) is 61.7 Å². The van der Waals surface area contributed by atoms with Gasteiger partial charge < -0.3 is 10.1 Å². The summed E-state index contributed by atoms with van der Waals surface area (Å²) in [7, 11) is 0. The molecule has 0 unspecified atom stereocenters. The Morgan fingerprint density at radius 3 is 2.41 bits per heavy atom. The molecule has 0 spiro atoms. The summed E-state index contributed by atoms with van der Waals surface area (Å²) in [5.74, 6) is -0.248. The average molecular weight is 430 g/mol. The van der Waals surface area contributed by atoms with Gasteiger partial charge in [0.25, 0.3) is 0 Å². The van der Waals surface area contributed by atoms with E-state index in [0.717, 1.165) is 22.3 Å². The second kappa shape index (κ2) is 10.9. The maximum absolute atomic E-state index is 12.1. The van der Waals surface area contributed by atoms with Crippen LogP contribution in [0, 0.1) is 20.8 Å². The topological polar surface area (TPSA) is 79.8 Å². The van der Waals surface area contributed by atoms with Gasteiger partial charge in [-0.2, -0.15) is 5.10 Å². The molecule has 0 aliphatic heterocycles. The molecule has 0 radical (unpaired) electrons. The number of anilines is 1. The van der Waals surface area contributed by atoms with Crippen molar-refractivity contribution in [1.29, 1.82) is 0 Å². The van der Waals surface area contributed by atoms with Crippen molar-refractivity contribution in [3.8, 4) is 5.75 Å². The highest BCUT2D eigenvalue weighted by Gasteiger charge is 2.09. The summed E-state index contributed by atoms with van der Waals surface area (Å²) >= 11 is 0. The van der Waals surface area contributed by atoms with Crippen LogP contribution in [0.2, 0.25) is 0 Å². The van der Waals surface area contributed by atoms with E-state index in [1.54, 1.807) is 0 Å². The van der Waals surface area contributed by atoms with Gasteiger partial charge in [0.1, 0.15) is 18.8 Å². The van der Waals surface area contributed by atoms with Crippen molar-refractivity contribution in [2.45, 2.75) is 33.8 Å². The van der Waals surface area contributed by atoms with Gasteiger partial charge in [-0.1, -0.05) is 48.0 Å². The first-order valence-electron chi connectivity index (χ1n) is 10.4. The number of nitrogens with one attached hydrogen (secondary N) is 2. The van der Waals surface area contributed by atoms with E-state index in [-0.39, 0.29) is 6.42 Å². The lowest BCUT2D eigenvalue weighted by Crippen LogP contribution is -2.24. The number of carbonyl (C=O) groups is 2. The summed E-state index contributed by atoms with van der Waals surface area (Å²) in [5, 5.41) is 6.69. The maximum atomic E-state index is 12.1. The van der Waals surface area contributed by atoms with Crippen LogP contribution in [0.25, 0.3) is 0 Å². The van der Waals surface area contributed by atoms with Crippen molar-refractivity contribution >= 4 is 23.7 Å². The third-order valence-corrected chi connectivity index (χ3v) is 4.94. The molecule has 0 fully saturated rings. The van der Waals surface area contributed by atoms with E-state index < -0.39 is 11.8 Å². The Bertz CT molecular complexity index is 1120. The van der Waals surface area contributed by atoms with E-state index in [1.165, 1.54) is 11.8 Å². The normalized spacial score (nSPS) is 10.7. The predicted molar refractivity (Wildman–Crippen MR) is 127 cm³/mol. The van der Waals surface area contributed by atoms with Crippen LogP contribution in [0.5, 0.6) is 5.75 Å². The highest BCUT2D eigenvalue weighted by molar-refractivity contribution is 6.03. The first-order chi connectivity index (χ1) is 15.4. The van der Waals surface area contributed by atoms with Crippen LogP contribution >= 0.6 is 0 Å². The molecule has 0 atom stereocenters. The van der Waals surface area contributed by atoms with E-state index in [1.807, 2.05) is 87.5 Å². The number of para-hydroxylation sites is 1. The predicted octanol–water partition coefficient (Wildman–Crippen LogP) is 4.67. The van der Waals surface area contributed by atoms with Gasteiger partial charge in [0.15, 0.2) is 0 Å². The van der Waals surface area contributed by atoms with Gasteiger partial charge >= 0.3 is 0 Å². The third-order valence-electron chi connectivity index (χ3n) is 4.94. The van der Waals surface area contributed by atoms with Crippen molar-refractivity contribution in [3.63, 3.8) is 0 Å². The molecule has 0 aliphatic carbocycles.